The van der Waals surface area contributed by atoms with Gasteiger partial charge in [0.1, 0.15) is 0 Å². The Kier molecular flexibility index (Phi) is 7.39. The molecule has 1 saturated heterocycles. The lowest BCUT2D eigenvalue weighted by atomic mass is 9.96. The number of nitrogens with one attached hydrogen (secondary N) is 1. The second-order valence-corrected chi connectivity index (χ2v) is 5.50. The lowest BCUT2D eigenvalue weighted by Crippen LogP contribution is -2.58. The van der Waals surface area contributed by atoms with Crippen molar-refractivity contribution in [1.82, 2.24) is 5.32 Å². The number of hydrogen-bond acceptors (Lipinski definition) is 6. The van der Waals surface area contributed by atoms with Gasteiger partial charge in [-0.25, -0.2) is 0 Å². The number of halogens is 1. The maximum Gasteiger partial charge on any atom is 0.0804 e. The molecule has 0 aromatic heterocycles. The van der Waals surface area contributed by atoms with E-state index in [4.69, 9.17) is 18.6 Å². The fourth-order valence-electron chi connectivity index (χ4n) is 2.21. The molecular weight excluding hydrogens is 286 g/mol. The molecular formula is C13H20ClNO5. The van der Waals surface area contributed by atoms with Crippen molar-refractivity contribution >= 4 is 0 Å². The van der Waals surface area contributed by atoms with Crippen LogP contribution in [0.3, 0.4) is 0 Å². The molecule has 7 heteroatoms. The van der Waals surface area contributed by atoms with E-state index < -0.39 is 10.2 Å². The van der Waals surface area contributed by atoms with Gasteiger partial charge in [-0.05, 0) is 31.4 Å². The highest BCUT2D eigenvalue weighted by Gasteiger charge is 2.17. The molecule has 1 heterocycles. The van der Waals surface area contributed by atoms with Gasteiger partial charge in [0.2, 0.25) is 0 Å². The lowest BCUT2D eigenvalue weighted by Gasteiger charge is -2.25. The van der Waals surface area contributed by atoms with Crippen molar-refractivity contribution in [2.45, 2.75) is 37.8 Å². The van der Waals surface area contributed by atoms with Crippen molar-refractivity contribution in [2.24, 2.45) is 0 Å². The van der Waals surface area contributed by atoms with Gasteiger partial charge >= 0.3 is 0 Å². The van der Waals surface area contributed by atoms with Gasteiger partial charge in [0.25, 0.3) is 0 Å². The van der Waals surface area contributed by atoms with Crippen molar-refractivity contribution in [3.8, 4) is 0 Å². The highest BCUT2D eigenvalue weighted by molar-refractivity contribution is 5.17. The van der Waals surface area contributed by atoms with Crippen molar-refractivity contribution in [1.29, 1.82) is 0 Å². The predicted molar refractivity (Wildman–Crippen MR) is 63.9 cm³/mol. The third-order valence-corrected chi connectivity index (χ3v) is 3.10. The first-order valence-electron chi connectivity index (χ1n) is 6.46. The van der Waals surface area contributed by atoms with Crippen molar-refractivity contribution < 1.29 is 34.0 Å². The molecule has 0 radical (unpaired) electrons. The molecule has 2 atom stereocenters. The average Bonchev–Trinajstić information content (AvgIpc) is 2.39. The van der Waals surface area contributed by atoms with Crippen molar-refractivity contribution in [3.63, 3.8) is 0 Å². The minimum atomic E-state index is -4.69. The Labute approximate surface area is 120 Å². The number of rotatable bonds is 3. The second-order valence-electron chi connectivity index (χ2n) is 4.71. The maximum atomic E-state index is 10.0. The highest BCUT2D eigenvalue weighted by atomic mass is 35.7. The monoisotopic (exact) mass is 305 g/mol. The largest absolute Gasteiger partial charge is 0.388 e. The zero-order chi connectivity index (χ0) is 15.0. The molecule has 0 spiro atoms. The van der Waals surface area contributed by atoms with Crippen LogP contribution in [0.25, 0.3) is 0 Å². The van der Waals surface area contributed by atoms with Gasteiger partial charge < -0.3 is 10.4 Å². The third kappa shape index (κ3) is 8.44. The topological polar surface area (TPSA) is 122 Å². The van der Waals surface area contributed by atoms with Crippen LogP contribution in [-0.2, 0) is 0 Å². The Morgan fingerprint density at radius 3 is 2.30 bits per heavy atom. The molecule has 0 bridgehead atoms. The maximum absolute atomic E-state index is 10.0. The minimum Gasteiger partial charge on any atom is -0.388 e. The highest BCUT2D eigenvalue weighted by Crippen LogP contribution is 2.21. The summed E-state index contributed by atoms with van der Waals surface area (Å²) in [6.07, 6.45) is 4.28. The molecule has 114 valence electrons. The molecule has 1 aliphatic heterocycles. The molecule has 20 heavy (non-hydrogen) atoms. The Balaban J connectivity index is 0.000000347. The van der Waals surface area contributed by atoms with Crippen LogP contribution in [0.4, 0.5) is 0 Å². The van der Waals surface area contributed by atoms with Gasteiger partial charge in [0.15, 0.2) is 0 Å². The molecule has 0 unspecified atom stereocenters. The van der Waals surface area contributed by atoms with Gasteiger partial charge in [-0.15, -0.1) is 0 Å². The predicted octanol–water partition coefficient (Wildman–Crippen LogP) is -1.87. The van der Waals surface area contributed by atoms with E-state index in [9.17, 15) is 5.11 Å². The molecule has 0 saturated carbocycles. The number of piperidine rings is 1. The SMILES string of the molecule is O[C@@H](C[C@@H]1CCCCN1)c1ccccc1.[O-][Cl+3]([O-])([O-])O. The normalized spacial score (nSPS) is 20.8. The first-order chi connectivity index (χ1) is 9.36. The van der Waals surface area contributed by atoms with Gasteiger partial charge in [-0.2, -0.15) is 14.0 Å². The molecule has 0 amide bonds. The van der Waals surface area contributed by atoms with Gasteiger partial charge in [-0.1, -0.05) is 36.8 Å². The van der Waals surface area contributed by atoms with Crippen LogP contribution in [-0.4, -0.2) is 22.4 Å². The quantitative estimate of drug-likeness (QED) is 0.601. The number of hydrogen-bond donors (Lipinski definition) is 3. The molecule has 1 fully saturated rings. The smallest absolute Gasteiger partial charge is 0.0804 e. The summed E-state index contributed by atoms with van der Waals surface area (Å²) in [5.74, 6) is 0. The van der Waals surface area contributed by atoms with Crippen LogP contribution >= 0.6 is 0 Å². The summed E-state index contributed by atoms with van der Waals surface area (Å²) in [5, 5.41) is 13.5. The Morgan fingerprint density at radius 2 is 1.80 bits per heavy atom. The van der Waals surface area contributed by atoms with E-state index in [1.807, 2.05) is 30.3 Å². The molecule has 3 N–H and O–H groups in total. The molecule has 2 rings (SSSR count). The van der Waals surface area contributed by atoms with E-state index in [0.717, 1.165) is 18.5 Å². The lowest BCUT2D eigenvalue weighted by molar-refractivity contribution is -1.92. The second kappa shape index (κ2) is 8.53. The third-order valence-electron chi connectivity index (χ3n) is 3.10. The Morgan fingerprint density at radius 1 is 1.20 bits per heavy atom. The number of benzene rings is 1. The molecule has 1 aliphatic rings. The van der Waals surface area contributed by atoms with E-state index in [-0.39, 0.29) is 6.10 Å². The van der Waals surface area contributed by atoms with E-state index in [1.54, 1.807) is 0 Å². The van der Waals surface area contributed by atoms with Gasteiger partial charge in [0, 0.05) is 6.04 Å². The van der Waals surface area contributed by atoms with E-state index in [2.05, 4.69) is 5.32 Å². The summed E-state index contributed by atoms with van der Waals surface area (Å²) >= 11 is 0. The molecule has 1 aromatic rings. The van der Waals surface area contributed by atoms with Crippen LogP contribution in [0.5, 0.6) is 0 Å². The van der Waals surface area contributed by atoms with Crippen LogP contribution in [0.1, 0.15) is 37.4 Å². The standard InChI is InChI=1S/C13H19NO.ClHO4/c15-13(11-6-2-1-3-7-11)10-12-8-4-5-9-14-12;2-1(3,4)5/h1-3,6-7,12-15H,4-5,8-10H2;(H,2,3,4,5)/t12-,13-;/m0./s1. The zero-order valence-corrected chi connectivity index (χ0v) is 11.8. The van der Waals surface area contributed by atoms with E-state index >= 15 is 0 Å². The van der Waals surface area contributed by atoms with Gasteiger partial charge in [0.05, 0.1) is 21.0 Å². The summed E-state index contributed by atoms with van der Waals surface area (Å²) in [7, 11) is -4.69. The first kappa shape index (κ1) is 17.3. The fraction of sp³-hybridized carbons (Fsp3) is 0.538. The Hall–Kier alpha value is -0.730. The minimum absolute atomic E-state index is 0.318. The van der Waals surface area contributed by atoms with Crippen molar-refractivity contribution in [3.05, 3.63) is 35.9 Å². The Bertz CT molecular complexity index is 359. The van der Waals surface area contributed by atoms with Crippen LogP contribution in [0.2, 0.25) is 0 Å². The van der Waals surface area contributed by atoms with E-state index in [0.29, 0.717) is 6.04 Å². The summed E-state index contributed by atoms with van der Waals surface area (Å²) < 4.78 is 32.7. The van der Waals surface area contributed by atoms with Crippen molar-refractivity contribution in [2.75, 3.05) is 6.54 Å². The summed E-state index contributed by atoms with van der Waals surface area (Å²) in [5.41, 5.74) is 1.03. The molecule has 1 aromatic carbocycles. The van der Waals surface area contributed by atoms with Crippen LogP contribution < -0.4 is 19.3 Å². The number of aliphatic hydroxyl groups excluding tert-OH is 1. The van der Waals surface area contributed by atoms with E-state index in [1.165, 1.54) is 19.3 Å². The molecule has 6 nitrogen and oxygen atoms in total. The zero-order valence-electron chi connectivity index (χ0n) is 11.1. The first-order valence-corrected chi connectivity index (χ1v) is 7.72. The van der Waals surface area contributed by atoms with Gasteiger partial charge in [-0.3, -0.25) is 0 Å². The number of aliphatic hydroxyl groups is 1. The summed E-state index contributed by atoms with van der Waals surface area (Å²) in [4.78, 5) is 0. The average molecular weight is 306 g/mol. The van der Waals surface area contributed by atoms with Crippen LogP contribution in [0.15, 0.2) is 30.3 Å². The van der Waals surface area contributed by atoms with Crippen LogP contribution in [0, 0.1) is 10.2 Å². The molecule has 0 aliphatic carbocycles. The summed E-state index contributed by atoms with van der Waals surface area (Å²) in [6.45, 7) is 1.10. The fourth-order valence-corrected chi connectivity index (χ4v) is 2.21. The summed E-state index contributed by atoms with van der Waals surface area (Å²) in [6, 6.07) is 10.4.